The molecule has 0 radical (unpaired) electrons. The number of aromatic hydroxyl groups is 1. The Morgan fingerprint density at radius 2 is 1.66 bits per heavy atom. The Morgan fingerprint density at radius 3 is 2.38 bits per heavy atom. The summed E-state index contributed by atoms with van der Waals surface area (Å²) in [7, 11) is 0. The molecule has 5 heteroatoms. The van der Waals surface area contributed by atoms with Crippen LogP contribution in [-0.2, 0) is 6.42 Å². The van der Waals surface area contributed by atoms with Gasteiger partial charge in [-0.1, -0.05) is 43.7 Å². The van der Waals surface area contributed by atoms with Crippen LogP contribution in [0.25, 0.3) is 0 Å². The summed E-state index contributed by atoms with van der Waals surface area (Å²) in [4.78, 5) is 26.3. The molecule has 3 aromatic rings. The van der Waals surface area contributed by atoms with Crippen LogP contribution in [-0.4, -0.2) is 16.7 Å². The fourth-order valence-electron chi connectivity index (χ4n) is 3.61. The van der Waals surface area contributed by atoms with Crippen LogP contribution in [0.1, 0.15) is 57.2 Å². The van der Waals surface area contributed by atoms with E-state index in [9.17, 15) is 14.7 Å². The van der Waals surface area contributed by atoms with Crippen LogP contribution in [0.4, 0.5) is 5.69 Å². The van der Waals surface area contributed by atoms with Gasteiger partial charge in [0.1, 0.15) is 11.5 Å². The number of anilines is 1. The van der Waals surface area contributed by atoms with Crippen LogP contribution in [0.2, 0.25) is 0 Å². The molecule has 3 aromatic carbocycles. The summed E-state index contributed by atoms with van der Waals surface area (Å²) in [6, 6.07) is 15.5. The molecule has 4 rings (SSSR count). The van der Waals surface area contributed by atoms with Crippen molar-refractivity contribution in [3.05, 3.63) is 82.4 Å². The van der Waals surface area contributed by atoms with Gasteiger partial charge in [0.25, 0.3) is 0 Å². The van der Waals surface area contributed by atoms with Crippen molar-refractivity contribution < 1.29 is 19.4 Å². The van der Waals surface area contributed by atoms with Gasteiger partial charge in [0.05, 0.1) is 16.8 Å². The number of hydrogen-bond acceptors (Lipinski definition) is 5. The number of rotatable bonds is 5. The molecule has 0 bridgehead atoms. The lowest BCUT2D eigenvalue weighted by Crippen LogP contribution is -2.23. The summed E-state index contributed by atoms with van der Waals surface area (Å²) in [5.74, 6) is -0.458. The highest BCUT2D eigenvalue weighted by atomic mass is 16.5. The van der Waals surface area contributed by atoms with Crippen molar-refractivity contribution in [1.29, 1.82) is 0 Å². The number of hydrogen-bond donors (Lipinski definition) is 2. The monoisotopic (exact) mass is 387 g/mol. The highest BCUT2D eigenvalue weighted by Gasteiger charge is 2.35. The van der Waals surface area contributed by atoms with E-state index in [1.54, 1.807) is 36.4 Å². The molecule has 29 heavy (non-hydrogen) atoms. The first-order chi connectivity index (χ1) is 14.0. The van der Waals surface area contributed by atoms with E-state index in [0.717, 1.165) is 24.8 Å². The lowest BCUT2D eigenvalue weighted by atomic mass is 9.81. The van der Waals surface area contributed by atoms with E-state index in [2.05, 4.69) is 6.92 Å². The second-order valence-electron chi connectivity index (χ2n) is 7.11. The Labute approximate surface area is 168 Å². The summed E-state index contributed by atoms with van der Waals surface area (Å²) in [6.07, 6.45) is 2.86. The largest absolute Gasteiger partial charge is 0.507 e. The second-order valence-corrected chi connectivity index (χ2v) is 7.11. The van der Waals surface area contributed by atoms with Crippen LogP contribution < -0.4 is 10.5 Å². The summed E-state index contributed by atoms with van der Waals surface area (Å²) in [5, 5.41) is 10.6. The molecule has 0 amide bonds. The number of aryl methyl sites for hydroxylation is 1. The molecule has 3 N–H and O–H groups in total. The number of phenols is 1. The first-order valence-corrected chi connectivity index (χ1v) is 9.62. The number of nitrogen functional groups attached to an aromatic ring is 1. The maximum atomic E-state index is 13.2. The van der Waals surface area contributed by atoms with Gasteiger partial charge in [-0.2, -0.15) is 0 Å². The third-order valence-corrected chi connectivity index (χ3v) is 5.13. The van der Waals surface area contributed by atoms with E-state index in [4.69, 9.17) is 10.5 Å². The first kappa shape index (κ1) is 18.7. The molecule has 0 unspecified atom stereocenters. The Kier molecular flexibility index (Phi) is 4.80. The van der Waals surface area contributed by atoms with E-state index >= 15 is 0 Å². The number of carbonyl (C=O) groups excluding carboxylic acids is 2. The average Bonchev–Trinajstić information content (AvgIpc) is 2.73. The maximum Gasteiger partial charge on any atom is 0.198 e. The van der Waals surface area contributed by atoms with Crippen molar-refractivity contribution in [3.63, 3.8) is 0 Å². The topological polar surface area (TPSA) is 89.6 Å². The first-order valence-electron chi connectivity index (χ1n) is 9.62. The van der Waals surface area contributed by atoms with Crippen molar-refractivity contribution in [2.75, 3.05) is 5.73 Å². The Hall–Kier alpha value is -3.60. The summed E-state index contributed by atoms with van der Waals surface area (Å²) >= 11 is 0. The Balaban J connectivity index is 1.80. The number of fused-ring (bicyclic) bond motifs is 2. The van der Waals surface area contributed by atoms with Crippen LogP contribution in [0.3, 0.4) is 0 Å². The number of para-hydroxylation sites is 1. The minimum atomic E-state index is -0.400. The fourth-order valence-corrected chi connectivity index (χ4v) is 3.61. The predicted octanol–water partition coefficient (Wildman–Crippen LogP) is 4.88. The van der Waals surface area contributed by atoms with Gasteiger partial charge in [0.15, 0.2) is 17.3 Å². The molecule has 0 aromatic heterocycles. The molecule has 0 saturated heterocycles. The third-order valence-electron chi connectivity index (χ3n) is 5.13. The molecular formula is C24H21NO4. The number of unbranched alkanes of at least 4 members (excludes halogenated alkanes) is 1. The van der Waals surface area contributed by atoms with Gasteiger partial charge >= 0.3 is 0 Å². The van der Waals surface area contributed by atoms with Crippen molar-refractivity contribution >= 4 is 17.3 Å². The fraction of sp³-hybridized carbons (Fsp3) is 0.167. The molecule has 0 saturated carbocycles. The summed E-state index contributed by atoms with van der Waals surface area (Å²) in [5.41, 5.74) is 7.79. The van der Waals surface area contributed by atoms with Crippen LogP contribution >= 0.6 is 0 Å². The number of ketones is 2. The minimum Gasteiger partial charge on any atom is -0.507 e. The lowest BCUT2D eigenvalue weighted by molar-refractivity contribution is 0.0977. The van der Waals surface area contributed by atoms with Gasteiger partial charge in [-0.3, -0.25) is 9.59 Å². The summed E-state index contributed by atoms with van der Waals surface area (Å²) < 4.78 is 5.74. The molecule has 0 aliphatic heterocycles. The van der Waals surface area contributed by atoms with Crippen molar-refractivity contribution in [2.24, 2.45) is 0 Å². The number of phenolic OH excluding ortho intramolecular Hbond substituents is 1. The van der Waals surface area contributed by atoms with Gasteiger partial charge in [-0.15, -0.1) is 0 Å². The second kappa shape index (κ2) is 7.43. The van der Waals surface area contributed by atoms with E-state index < -0.39 is 5.78 Å². The molecule has 0 atom stereocenters. The SMILES string of the molecule is CCCCc1ccc2c(c1)C(=O)c1c(O)cc(Oc3ccccc3)c(N)c1C2=O. The molecule has 0 fully saturated rings. The zero-order valence-electron chi connectivity index (χ0n) is 16.1. The molecular weight excluding hydrogens is 366 g/mol. The highest BCUT2D eigenvalue weighted by molar-refractivity contribution is 6.31. The molecule has 1 aliphatic carbocycles. The number of nitrogens with two attached hydrogens (primary N) is 1. The number of benzene rings is 3. The van der Waals surface area contributed by atoms with E-state index in [1.165, 1.54) is 6.07 Å². The molecule has 5 nitrogen and oxygen atoms in total. The number of ether oxygens (including phenoxy) is 1. The normalized spacial score (nSPS) is 12.4. The van der Waals surface area contributed by atoms with Gasteiger partial charge in [-0.05, 0) is 36.6 Å². The van der Waals surface area contributed by atoms with Crippen LogP contribution in [0.5, 0.6) is 17.2 Å². The lowest BCUT2D eigenvalue weighted by Gasteiger charge is -2.22. The van der Waals surface area contributed by atoms with E-state index in [-0.39, 0.29) is 34.1 Å². The van der Waals surface area contributed by atoms with Gasteiger partial charge < -0.3 is 15.6 Å². The standard InChI is InChI=1S/C24H21NO4/c1-2-3-7-14-10-11-16-17(12-14)24(28)20-18(26)13-19(22(25)21(20)23(16)27)29-15-8-5-4-6-9-15/h4-6,8-13,26H,2-3,7,25H2,1H3. The zero-order chi connectivity index (χ0) is 20.5. The maximum absolute atomic E-state index is 13.2. The quantitative estimate of drug-likeness (QED) is 0.376. The smallest absolute Gasteiger partial charge is 0.198 e. The molecule has 0 heterocycles. The van der Waals surface area contributed by atoms with Gasteiger partial charge in [-0.25, -0.2) is 0 Å². The van der Waals surface area contributed by atoms with Crippen LogP contribution in [0, 0.1) is 0 Å². The summed E-state index contributed by atoms with van der Waals surface area (Å²) in [6.45, 7) is 2.10. The van der Waals surface area contributed by atoms with Gasteiger partial charge in [0, 0.05) is 17.2 Å². The van der Waals surface area contributed by atoms with Gasteiger partial charge in [0.2, 0.25) is 0 Å². The van der Waals surface area contributed by atoms with Crippen molar-refractivity contribution in [1.82, 2.24) is 0 Å². The number of carbonyl (C=O) groups is 2. The Bertz CT molecular complexity index is 1120. The molecule has 1 aliphatic rings. The van der Waals surface area contributed by atoms with Crippen molar-refractivity contribution in [3.8, 4) is 17.2 Å². The van der Waals surface area contributed by atoms with E-state index in [1.807, 2.05) is 12.1 Å². The minimum absolute atomic E-state index is 0.00487. The van der Waals surface area contributed by atoms with E-state index in [0.29, 0.717) is 16.9 Å². The zero-order valence-corrected chi connectivity index (χ0v) is 16.1. The third kappa shape index (κ3) is 3.25. The highest BCUT2D eigenvalue weighted by Crippen LogP contribution is 2.42. The predicted molar refractivity (Wildman–Crippen MR) is 111 cm³/mol. The average molecular weight is 387 g/mol. The Morgan fingerprint density at radius 1 is 0.931 bits per heavy atom. The van der Waals surface area contributed by atoms with Crippen molar-refractivity contribution in [2.45, 2.75) is 26.2 Å². The molecule has 0 spiro atoms. The molecule has 146 valence electrons. The van der Waals surface area contributed by atoms with Crippen LogP contribution in [0.15, 0.2) is 54.6 Å².